The van der Waals surface area contributed by atoms with Crippen LogP contribution in [0.15, 0.2) is 0 Å². The number of piperidine rings is 1. The standard InChI is InChI=1S/C11H19NO3S2/c13-11(12-5-2-1-3-6-12)8-16-10-4-7-17(14,15)9-10/h10H,1-9H2. The van der Waals surface area contributed by atoms with Crippen LogP contribution in [0.4, 0.5) is 0 Å². The SMILES string of the molecule is O=C(CSC1CCS(=O)(=O)C1)N1CCCCC1. The molecular weight excluding hydrogens is 258 g/mol. The van der Waals surface area contributed by atoms with Crippen molar-refractivity contribution in [1.29, 1.82) is 0 Å². The molecule has 0 aromatic rings. The maximum atomic E-state index is 11.9. The molecule has 0 radical (unpaired) electrons. The first-order valence-corrected chi connectivity index (χ1v) is 9.04. The molecule has 0 spiro atoms. The molecule has 98 valence electrons. The topological polar surface area (TPSA) is 54.5 Å². The van der Waals surface area contributed by atoms with Crippen LogP contribution in [0.5, 0.6) is 0 Å². The second kappa shape index (κ2) is 5.61. The summed E-state index contributed by atoms with van der Waals surface area (Å²) in [5, 5.41) is 0.133. The highest BCUT2D eigenvalue weighted by atomic mass is 32.2. The van der Waals surface area contributed by atoms with Crippen molar-refractivity contribution in [3.05, 3.63) is 0 Å². The van der Waals surface area contributed by atoms with Crippen LogP contribution in [-0.4, -0.2) is 54.8 Å². The van der Waals surface area contributed by atoms with Crippen molar-refractivity contribution in [2.45, 2.75) is 30.9 Å². The Kier molecular flexibility index (Phi) is 4.36. The molecule has 17 heavy (non-hydrogen) atoms. The van der Waals surface area contributed by atoms with Gasteiger partial charge in [-0.3, -0.25) is 4.79 Å². The van der Waals surface area contributed by atoms with E-state index in [4.69, 9.17) is 0 Å². The lowest BCUT2D eigenvalue weighted by molar-refractivity contribution is -0.129. The molecule has 0 aromatic carbocycles. The number of carbonyl (C=O) groups is 1. The maximum Gasteiger partial charge on any atom is 0.232 e. The third kappa shape index (κ3) is 3.88. The van der Waals surface area contributed by atoms with Gasteiger partial charge >= 0.3 is 0 Å². The van der Waals surface area contributed by atoms with Crippen molar-refractivity contribution >= 4 is 27.5 Å². The first kappa shape index (κ1) is 13.2. The van der Waals surface area contributed by atoms with Gasteiger partial charge in [0.2, 0.25) is 5.91 Å². The van der Waals surface area contributed by atoms with Crippen LogP contribution in [0, 0.1) is 0 Å². The molecule has 2 saturated heterocycles. The summed E-state index contributed by atoms with van der Waals surface area (Å²) in [7, 11) is -2.81. The van der Waals surface area contributed by atoms with Crippen molar-refractivity contribution in [1.82, 2.24) is 4.90 Å². The number of hydrogen-bond acceptors (Lipinski definition) is 4. The van der Waals surface area contributed by atoms with E-state index in [1.165, 1.54) is 18.2 Å². The van der Waals surface area contributed by atoms with Crippen molar-refractivity contribution < 1.29 is 13.2 Å². The molecule has 2 aliphatic rings. The highest BCUT2D eigenvalue weighted by Gasteiger charge is 2.29. The van der Waals surface area contributed by atoms with Gasteiger partial charge in [-0.25, -0.2) is 8.42 Å². The zero-order chi connectivity index (χ0) is 12.3. The van der Waals surface area contributed by atoms with Gasteiger partial charge < -0.3 is 4.90 Å². The minimum atomic E-state index is -2.81. The number of nitrogens with zero attached hydrogens (tertiary/aromatic N) is 1. The van der Waals surface area contributed by atoms with Gasteiger partial charge in [0.15, 0.2) is 9.84 Å². The molecule has 2 rings (SSSR count). The number of amides is 1. The first-order valence-electron chi connectivity index (χ1n) is 6.17. The highest BCUT2D eigenvalue weighted by Crippen LogP contribution is 2.24. The predicted molar refractivity (Wildman–Crippen MR) is 69.9 cm³/mol. The molecular formula is C11H19NO3S2. The average Bonchev–Trinajstić information content (AvgIpc) is 2.67. The third-order valence-electron chi connectivity index (χ3n) is 3.34. The van der Waals surface area contributed by atoms with Crippen LogP contribution in [0.2, 0.25) is 0 Å². The van der Waals surface area contributed by atoms with Crippen molar-refractivity contribution in [2.24, 2.45) is 0 Å². The average molecular weight is 277 g/mol. The van der Waals surface area contributed by atoms with Crippen molar-refractivity contribution in [3.8, 4) is 0 Å². The molecule has 0 bridgehead atoms. The van der Waals surface area contributed by atoms with Gasteiger partial charge in [0.05, 0.1) is 17.3 Å². The third-order valence-corrected chi connectivity index (χ3v) is 6.61. The molecule has 0 N–H and O–H groups in total. The lowest BCUT2D eigenvalue weighted by atomic mass is 10.1. The van der Waals surface area contributed by atoms with E-state index in [2.05, 4.69) is 0 Å². The second-order valence-electron chi connectivity index (χ2n) is 4.78. The summed E-state index contributed by atoms with van der Waals surface area (Å²) in [4.78, 5) is 13.8. The van der Waals surface area contributed by atoms with E-state index in [-0.39, 0.29) is 16.9 Å². The lowest BCUT2D eigenvalue weighted by Gasteiger charge is -2.26. The lowest BCUT2D eigenvalue weighted by Crippen LogP contribution is -2.37. The number of likely N-dealkylation sites (tertiary alicyclic amines) is 1. The zero-order valence-corrected chi connectivity index (χ0v) is 11.6. The second-order valence-corrected chi connectivity index (χ2v) is 8.29. The number of hydrogen-bond donors (Lipinski definition) is 0. The van der Waals surface area contributed by atoms with Crippen LogP contribution in [-0.2, 0) is 14.6 Å². The van der Waals surface area contributed by atoms with Crippen LogP contribution in [0.1, 0.15) is 25.7 Å². The van der Waals surface area contributed by atoms with Gasteiger partial charge in [-0.2, -0.15) is 0 Å². The largest absolute Gasteiger partial charge is 0.342 e. The fraction of sp³-hybridized carbons (Fsp3) is 0.909. The molecule has 1 atom stereocenters. The zero-order valence-electron chi connectivity index (χ0n) is 9.93. The fourth-order valence-electron chi connectivity index (χ4n) is 2.32. The van der Waals surface area contributed by atoms with Gasteiger partial charge in [-0.15, -0.1) is 11.8 Å². The summed E-state index contributed by atoms with van der Waals surface area (Å²) in [5.41, 5.74) is 0. The van der Waals surface area contributed by atoms with E-state index in [1.807, 2.05) is 4.90 Å². The van der Waals surface area contributed by atoms with E-state index in [1.54, 1.807) is 0 Å². The molecule has 2 aliphatic heterocycles. The van der Waals surface area contributed by atoms with E-state index in [0.717, 1.165) is 25.9 Å². The molecule has 4 nitrogen and oxygen atoms in total. The molecule has 1 unspecified atom stereocenters. The Hall–Kier alpha value is -0.230. The summed E-state index contributed by atoms with van der Waals surface area (Å²) in [6, 6.07) is 0. The number of carbonyl (C=O) groups excluding carboxylic acids is 1. The van der Waals surface area contributed by atoms with E-state index in [0.29, 0.717) is 17.9 Å². The van der Waals surface area contributed by atoms with Crippen LogP contribution < -0.4 is 0 Å². The van der Waals surface area contributed by atoms with Gasteiger partial charge in [0.25, 0.3) is 0 Å². The minimum Gasteiger partial charge on any atom is -0.342 e. The van der Waals surface area contributed by atoms with E-state index >= 15 is 0 Å². The van der Waals surface area contributed by atoms with Crippen LogP contribution in [0.25, 0.3) is 0 Å². The molecule has 6 heteroatoms. The van der Waals surface area contributed by atoms with Crippen LogP contribution >= 0.6 is 11.8 Å². The summed E-state index contributed by atoms with van der Waals surface area (Å²) in [5.74, 6) is 1.17. The van der Waals surface area contributed by atoms with Crippen LogP contribution in [0.3, 0.4) is 0 Å². The Balaban J connectivity index is 1.73. The Morgan fingerprint density at radius 3 is 2.53 bits per heavy atom. The van der Waals surface area contributed by atoms with Crippen molar-refractivity contribution in [3.63, 3.8) is 0 Å². The maximum absolute atomic E-state index is 11.9. The van der Waals surface area contributed by atoms with Crippen molar-refractivity contribution in [2.75, 3.05) is 30.3 Å². The Morgan fingerprint density at radius 2 is 1.94 bits per heavy atom. The molecule has 0 aromatic heterocycles. The Bertz CT molecular complexity index is 374. The Morgan fingerprint density at radius 1 is 1.24 bits per heavy atom. The summed E-state index contributed by atoms with van der Waals surface area (Å²) in [6.45, 7) is 1.75. The van der Waals surface area contributed by atoms with Gasteiger partial charge in [0, 0.05) is 18.3 Å². The molecule has 0 saturated carbocycles. The van der Waals surface area contributed by atoms with E-state index < -0.39 is 9.84 Å². The number of thioether (sulfide) groups is 1. The normalized spacial score (nSPS) is 28.2. The molecule has 2 fully saturated rings. The highest BCUT2D eigenvalue weighted by molar-refractivity contribution is 8.02. The minimum absolute atomic E-state index is 0.133. The molecule has 1 amide bonds. The first-order chi connectivity index (χ1) is 8.07. The van der Waals surface area contributed by atoms with Gasteiger partial charge in [-0.05, 0) is 25.7 Å². The van der Waals surface area contributed by atoms with Gasteiger partial charge in [-0.1, -0.05) is 0 Å². The summed E-state index contributed by atoms with van der Waals surface area (Å²) < 4.78 is 22.6. The predicted octanol–water partition coefficient (Wildman–Crippen LogP) is 0.919. The summed E-state index contributed by atoms with van der Waals surface area (Å²) >= 11 is 1.52. The quantitative estimate of drug-likeness (QED) is 0.770. The smallest absolute Gasteiger partial charge is 0.232 e. The molecule has 2 heterocycles. The van der Waals surface area contributed by atoms with Gasteiger partial charge in [0.1, 0.15) is 0 Å². The van der Waals surface area contributed by atoms with E-state index in [9.17, 15) is 13.2 Å². The summed E-state index contributed by atoms with van der Waals surface area (Å²) in [6.07, 6.45) is 4.14. The number of sulfone groups is 1. The molecule has 0 aliphatic carbocycles. The Labute approximate surface area is 107 Å². The monoisotopic (exact) mass is 277 g/mol. The fourth-order valence-corrected chi connectivity index (χ4v) is 5.86. The number of rotatable bonds is 3.